The molecule has 0 radical (unpaired) electrons. The van der Waals surface area contributed by atoms with Crippen molar-refractivity contribution in [3.05, 3.63) is 22.7 Å². The van der Waals surface area contributed by atoms with E-state index < -0.39 is 5.97 Å². The van der Waals surface area contributed by atoms with E-state index in [1.54, 1.807) is 6.07 Å². The van der Waals surface area contributed by atoms with Gasteiger partial charge in [-0.1, -0.05) is 0 Å². The van der Waals surface area contributed by atoms with Gasteiger partial charge in [-0.15, -0.1) is 11.3 Å². The fourth-order valence-corrected chi connectivity index (χ4v) is 2.08. The van der Waals surface area contributed by atoms with Crippen LogP contribution >= 0.6 is 11.3 Å². The van der Waals surface area contributed by atoms with Crippen molar-refractivity contribution in [2.24, 2.45) is 0 Å². The van der Waals surface area contributed by atoms with Crippen molar-refractivity contribution >= 4 is 27.5 Å². The second-order valence-corrected chi connectivity index (χ2v) is 3.53. The molecule has 0 aromatic carbocycles. The zero-order chi connectivity index (χ0) is 8.72. The average Bonchev–Trinajstić information content (AvgIpc) is 2.53. The Labute approximate surface area is 72.6 Å². The molecule has 0 spiro atoms. The molecule has 0 bridgehead atoms. The lowest BCUT2D eigenvalue weighted by molar-refractivity contribution is 0.0691. The van der Waals surface area contributed by atoms with Crippen LogP contribution in [0.4, 0.5) is 0 Å². The molecule has 0 aliphatic heterocycles. The number of hydrogen-bond donors (Lipinski definition) is 2. The lowest BCUT2D eigenvalue weighted by atomic mass is 10.2. The minimum atomic E-state index is -0.905. The van der Waals surface area contributed by atoms with E-state index in [9.17, 15) is 4.79 Å². The summed E-state index contributed by atoms with van der Waals surface area (Å²) in [4.78, 5) is 14.3. The summed E-state index contributed by atoms with van der Waals surface area (Å²) in [6.07, 6.45) is 0. The predicted octanol–water partition coefficient (Wildman–Crippen LogP) is 2.24. The predicted molar refractivity (Wildman–Crippen MR) is 47.9 cm³/mol. The normalized spacial score (nSPS) is 10.8. The highest BCUT2D eigenvalue weighted by molar-refractivity contribution is 7.17. The third-order valence-corrected chi connectivity index (χ3v) is 2.82. The fourth-order valence-electron chi connectivity index (χ4n) is 1.15. The average molecular weight is 181 g/mol. The first-order valence-electron chi connectivity index (χ1n) is 3.48. The van der Waals surface area contributed by atoms with Gasteiger partial charge in [0.2, 0.25) is 0 Å². The number of nitrogens with one attached hydrogen (secondary N) is 1. The van der Waals surface area contributed by atoms with Crippen molar-refractivity contribution in [3.63, 3.8) is 0 Å². The van der Waals surface area contributed by atoms with Crippen LogP contribution in [0.15, 0.2) is 11.4 Å². The minimum absolute atomic E-state index is 0.264. The SMILES string of the molecule is Cc1csc2[nH]c(C(=O)O)cc12. The molecular formula is C8H7NO2S. The van der Waals surface area contributed by atoms with Crippen LogP contribution in [-0.4, -0.2) is 16.1 Å². The summed E-state index contributed by atoms with van der Waals surface area (Å²) in [5.74, 6) is -0.905. The molecule has 2 aromatic heterocycles. The molecule has 0 amide bonds. The van der Waals surface area contributed by atoms with E-state index in [2.05, 4.69) is 4.98 Å². The van der Waals surface area contributed by atoms with Gasteiger partial charge in [-0.3, -0.25) is 0 Å². The van der Waals surface area contributed by atoms with Crippen molar-refractivity contribution in [3.8, 4) is 0 Å². The quantitative estimate of drug-likeness (QED) is 0.708. The molecule has 0 aliphatic carbocycles. The van der Waals surface area contributed by atoms with E-state index in [0.29, 0.717) is 0 Å². The number of aromatic carboxylic acids is 1. The Hall–Kier alpha value is -1.29. The summed E-state index contributed by atoms with van der Waals surface area (Å²) in [5.41, 5.74) is 1.39. The van der Waals surface area contributed by atoms with E-state index in [1.807, 2.05) is 12.3 Å². The molecule has 12 heavy (non-hydrogen) atoms. The number of fused-ring (bicyclic) bond motifs is 1. The molecular weight excluding hydrogens is 174 g/mol. The van der Waals surface area contributed by atoms with Crippen LogP contribution in [-0.2, 0) is 0 Å². The molecule has 3 nitrogen and oxygen atoms in total. The second-order valence-electron chi connectivity index (χ2n) is 2.65. The standard InChI is InChI=1S/C8H7NO2S/c1-4-3-12-7-5(4)2-6(9-7)8(10)11/h2-3,9H,1H3,(H,10,11). The highest BCUT2D eigenvalue weighted by Gasteiger charge is 2.09. The number of carboxylic acid groups (broad SMARTS) is 1. The number of hydrogen-bond acceptors (Lipinski definition) is 2. The highest BCUT2D eigenvalue weighted by Crippen LogP contribution is 2.25. The Morgan fingerprint density at radius 1 is 1.67 bits per heavy atom. The topological polar surface area (TPSA) is 53.1 Å². The van der Waals surface area contributed by atoms with E-state index >= 15 is 0 Å². The van der Waals surface area contributed by atoms with Crippen molar-refractivity contribution in [2.45, 2.75) is 6.92 Å². The van der Waals surface area contributed by atoms with Crippen molar-refractivity contribution in [1.29, 1.82) is 0 Å². The summed E-state index contributed by atoms with van der Waals surface area (Å²) in [6.45, 7) is 1.97. The van der Waals surface area contributed by atoms with Crippen LogP contribution in [0.2, 0.25) is 0 Å². The maximum Gasteiger partial charge on any atom is 0.352 e. The van der Waals surface area contributed by atoms with E-state index in [-0.39, 0.29) is 5.69 Å². The lowest BCUT2D eigenvalue weighted by Gasteiger charge is -1.83. The molecule has 0 aliphatic rings. The van der Waals surface area contributed by atoms with Crippen LogP contribution in [0.1, 0.15) is 16.1 Å². The summed E-state index contributed by atoms with van der Waals surface area (Å²) in [7, 11) is 0. The molecule has 62 valence electrons. The second kappa shape index (κ2) is 2.35. The number of aromatic nitrogens is 1. The molecule has 2 rings (SSSR count). The first-order valence-corrected chi connectivity index (χ1v) is 4.36. The lowest BCUT2D eigenvalue weighted by Crippen LogP contribution is -1.94. The minimum Gasteiger partial charge on any atom is -0.477 e. The Morgan fingerprint density at radius 2 is 2.42 bits per heavy atom. The molecule has 4 heteroatoms. The summed E-state index contributed by atoms with van der Waals surface area (Å²) >= 11 is 1.53. The van der Waals surface area contributed by atoms with Crippen LogP contribution in [0, 0.1) is 6.92 Å². The number of aromatic amines is 1. The van der Waals surface area contributed by atoms with Gasteiger partial charge in [0, 0.05) is 5.39 Å². The van der Waals surface area contributed by atoms with Crippen LogP contribution in [0.25, 0.3) is 10.2 Å². The Bertz CT molecular complexity index is 441. The first-order chi connectivity index (χ1) is 5.68. The molecule has 2 heterocycles. The third kappa shape index (κ3) is 0.921. The molecule has 2 N–H and O–H groups in total. The van der Waals surface area contributed by atoms with Gasteiger partial charge in [-0.2, -0.15) is 0 Å². The van der Waals surface area contributed by atoms with Gasteiger partial charge in [0.25, 0.3) is 0 Å². The maximum absolute atomic E-state index is 10.6. The summed E-state index contributed by atoms with van der Waals surface area (Å²) in [6, 6.07) is 1.67. The number of rotatable bonds is 1. The molecule has 0 atom stereocenters. The summed E-state index contributed by atoms with van der Waals surface area (Å²) < 4.78 is 0. The van der Waals surface area contributed by atoms with Gasteiger partial charge < -0.3 is 10.1 Å². The fraction of sp³-hybridized carbons (Fsp3) is 0.125. The zero-order valence-corrected chi connectivity index (χ0v) is 7.23. The number of H-pyrrole nitrogens is 1. The number of carbonyl (C=O) groups is 1. The summed E-state index contributed by atoms with van der Waals surface area (Å²) in [5, 5.41) is 11.7. The van der Waals surface area contributed by atoms with Crippen LogP contribution in [0.3, 0.4) is 0 Å². The molecule has 0 saturated heterocycles. The third-order valence-electron chi connectivity index (χ3n) is 1.79. The largest absolute Gasteiger partial charge is 0.477 e. The van der Waals surface area contributed by atoms with Crippen LogP contribution < -0.4 is 0 Å². The van der Waals surface area contributed by atoms with Crippen molar-refractivity contribution in [1.82, 2.24) is 4.98 Å². The molecule has 0 fully saturated rings. The highest BCUT2D eigenvalue weighted by atomic mass is 32.1. The van der Waals surface area contributed by atoms with Crippen LogP contribution in [0.5, 0.6) is 0 Å². The molecule has 0 unspecified atom stereocenters. The van der Waals surface area contributed by atoms with Crippen molar-refractivity contribution in [2.75, 3.05) is 0 Å². The van der Waals surface area contributed by atoms with Gasteiger partial charge in [0.05, 0.1) is 0 Å². The Balaban J connectivity index is 2.70. The molecule has 2 aromatic rings. The van der Waals surface area contributed by atoms with Gasteiger partial charge in [0.15, 0.2) is 0 Å². The van der Waals surface area contributed by atoms with Gasteiger partial charge in [-0.05, 0) is 23.9 Å². The Morgan fingerprint density at radius 3 is 3.00 bits per heavy atom. The molecule has 0 saturated carbocycles. The van der Waals surface area contributed by atoms with Gasteiger partial charge in [0.1, 0.15) is 10.5 Å². The monoisotopic (exact) mass is 181 g/mol. The van der Waals surface area contributed by atoms with Crippen molar-refractivity contribution < 1.29 is 9.90 Å². The number of thiophene rings is 1. The smallest absolute Gasteiger partial charge is 0.352 e. The Kier molecular flexibility index (Phi) is 1.44. The zero-order valence-electron chi connectivity index (χ0n) is 6.42. The number of aryl methyl sites for hydroxylation is 1. The van der Waals surface area contributed by atoms with E-state index in [4.69, 9.17) is 5.11 Å². The first kappa shape index (κ1) is 7.36. The van der Waals surface area contributed by atoms with Gasteiger partial charge >= 0.3 is 5.97 Å². The van der Waals surface area contributed by atoms with Gasteiger partial charge in [-0.25, -0.2) is 4.79 Å². The van der Waals surface area contributed by atoms with E-state index in [0.717, 1.165) is 15.8 Å². The number of carboxylic acids is 1. The van der Waals surface area contributed by atoms with E-state index in [1.165, 1.54) is 11.3 Å². The maximum atomic E-state index is 10.6.